The molecule has 0 aliphatic carbocycles. The fourth-order valence-corrected chi connectivity index (χ4v) is 4.58. The third-order valence-electron chi connectivity index (χ3n) is 6.03. The fraction of sp³-hybridized carbons (Fsp3) is 0.391. The van der Waals surface area contributed by atoms with Crippen molar-refractivity contribution >= 4 is 35.1 Å². The van der Waals surface area contributed by atoms with E-state index >= 15 is 0 Å². The van der Waals surface area contributed by atoms with Crippen LogP contribution >= 0.6 is 11.6 Å². The minimum Gasteiger partial charge on any atom is -0.352 e. The molecule has 7 nitrogen and oxygen atoms in total. The van der Waals surface area contributed by atoms with Gasteiger partial charge in [-0.2, -0.15) is 13.2 Å². The number of hydrogen-bond acceptors (Lipinski definition) is 5. The number of imide groups is 1. The first-order chi connectivity index (χ1) is 16.0. The highest BCUT2D eigenvalue weighted by Crippen LogP contribution is 2.34. The number of aromatic nitrogens is 1. The van der Waals surface area contributed by atoms with E-state index in [1.165, 1.54) is 0 Å². The molecule has 1 unspecified atom stereocenters. The minimum atomic E-state index is -4.55. The molecule has 0 N–H and O–H groups in total. The fourth-order valence-electron chi connectivity index (χ4n) is 4.30. The summed E-state index contributed by atoms with van der Waals surface area (Å²) in [5.41, 5.74) is -0.381. The number of pyridine rings is 1. The average molecular weight is 495 g/mol. The first-order valence-corrected chi connectivity index (χ1v) is 11.1. The number of hydrogen-bond donors (Lipinski definition) is 0. The zero-order valence-corrected chi connectivity index (χ0v) is 19.2. The van der Waals surface area contributed by atoms with Crippen molar-refractivity contribution < 1.29 is 27.6 Å². The van der Waals surface area contributed by atoms with Gasteiger partial charge in [0.05, 0.1) is 21.7 Å². The van der Waals surface area contributed by atoms with E-state index in [0.29, 0.717) is 0 Å². The average Bonchev–Trinajstić information content (AvgIpc) is 3.04. The second-order valence-electron chi connectivity index (χ2n) is 8.55. The quantitative estimate of drug-likeness (QED) is 0.606. The first kappa shape index (κ1) is 24.0. The summed E-state index contributed by atoms with van der Waals surface area (Å²) < 4.78 is 38.7. The highest BCUT2D eigenvalue weighted by atomic mass is 35.5. The summed E-state index contributed by atoms with van der Waals surface area (Å²) >= 11 is 6.06. The van der Waals surface area contributed by atoms with Crippen LogP contribution in [0.4, 0.5) is 19.0 Å². The molecular formula is C23H22ClF3N4O3. The van der Waals surface area contributed by atoms with Gasteiger partial charge in [0.25, 0.3) is 11.8 Å². The van der Waals surface area contributed by atoms with Crippen LogP contribution in [-0.4, -0.2) is 64.7 Å². The van der Waals surface area contributed by atoms with Gasteiger partial charge in [-0.3, -0.25) is 19.3 Å². The second-order valence-corrected chi connectivity index (χ2v) is 8.96. The molecule has 0 saturated carbocycles. The molecular weight excluding hydrogens is 473 g/mol. The van der Waals surface area contributed by atoms with E-state index in [0.717, 1.165) is 17.2 Å². The van der Waals surface area contributed by atoms with Crippen LogP contribution in [-0.2, 0) is 11.0 Å². The van der Waals surface area contributed by atoms with E-state index in [9.17, 15) is 27.6 Å². The molecule has 2 aliphatic heterocycles. The molecule has 3 heterocycles. The van der Waals surface area contributed by atoms with Crippen LogP contribution in [0.2, 0.25) is 5.02 Å². The molecule has 0 radical (unpaired) electrons. The predicted molar refractivity (Wildman–Crippen MR) is 119 cm³/mol. The van der Waals surface area contributed by atoms with Crippen molar-refractivity contribution in [1.82, 2.24) is 14.8 Å². The zero-order chi connectivity index (χ0) is 24.8. The highest BCUT2D eigenvalue weighted by molar-refractivity contribution is 6.33. The van der Waals surface area contributed by atoms with Crippen LogP contribution in [0.1, 0.15) is 40.1 Å². The molecule has 1 aromatic heterocycles. The van der Waals surface area contributed by atoms with Crippen molar-refractivity contribution in [3.63, 3.8) is 0 Å². The van der Waals surface area contributed by atoms with E-state index in [1.807, 2.05) is 0 Å². The molecule has 0 spiro atoms. The van der Waals surface area contributed by atoms with Gasteiger partial charge < -0.3 is 9.80 Å². The van der Waals surface area contributed by atoms with Gasteiger partial charge in [-0.25, -0.2) is 4.98 Å². The highest BCUT2D eigenvalue weighted by Gasteiger charge is 2.45. The normalized spacial score (nSPS) is 17.4. The smallest absolute Gasteiger partial charge is 0.352 e. The molecule has 1 fully saturated rings. The molecule has 34 heavy (non-hydrogen) atoms. The van der Waals surface area contributed by atoms with Gasteiger partial charge in [0.2, 0.25) is 5.91 Å². The SMILES string of the molecule is CC(C)C(C(=O)N1CCN(c2ncc(C(F)(F)F)cc2Cl)CC1)N1C(=O)c2ccccc2C1=O. The van der Waals surface area contributed by atoms with E-state index in [-0.39, 0.29) is 60.0 Å². The molecule has 4 rings (SSSR count). The zero-order valence-electron chi connectivity index (χ0n) is 18.5. The summed E-state index contributed by atoms with van der Waals surface area (Å²) in [5, 5.41) is -0.124. The first-order valence-electron chi connectivity index (χ1n) is 10.7. The molecule has 11 heteroatoms. The summed E-state index contributed by atoms with van der Waals surface area (Å²) in [6.07, 6.45) is -3.81. The lowest BCUT2D eigenvalue weighted by Gasteiger charge is -2.39. The molecule has 0 bridgehead atoms. The number of benzene rings is 1. The van der Waals surface area contributed by atoms with Gasteiger partial charge in [0.15, 0.2) is 0 Å². The number of amides is 3. The Morgan fingerprint density at radius 2 is 1.59 bits per heavy atom. The van der Waals surface area contributed by atoms with Gasteiger partial charge in [-0.1, -0.05) is 37.6 Å². The van der Waals surface area contributed by atoms with Crippen LogP contribution in [0.3, 0.4) is 0 Å². The van der Waals surface area contributed by atoms with Gasteiger partial charge >= 0.3 is 6.18 Å². The maximum atomic E-state index is 13.4. The van der Waals surface area contributed by atoms with Crippen molar-refractivity contribution in [2.24, 2.45) is 5.92 Å². The number of alkyl halides is 3. The third-order valence-corrected chi connectivity index (χ3v) is 6.31. The largest absolute Gasteiger partial charge is 0.417 e. The van der Waals surface area contributed by atoms with Crippen molar-refractivity contribution in [2.75, 3.05) is 31.1 Å². The molecule has 1 aromatic carbocycles. The number of anilines is 1. The molecule has 2 aliphatic rings. The number of carbonyl (C=O) groups excluding carboxylic acids is 3. The molecule has 1 saturated heterocycles. The Morgan fingerprint density at radius 1 is 1.03 bits per heavy atom. The van der Waals surface area contributed by atoms with Gasteiger partial charge in [0, 0.05) is 32.4 Å². The Morgan fingerprint density at radius 3 is 2.06 bits per heavy atom. The van der Waals surface area contributed by atoms with Gasteiger partial charge in [-0.05, 0) is 24.1 Å². The predicted octanol–water partition coefficient (Wildman–Crippen LogP) is 3.72. The van der Waals surface area contributed by atoms with Crippen LogP contribution in [0.5, 0.6) is 0 Å². The lowest BCUT2D eigenvalue weighted by Crippen LogP contribution is -2.57. The molecule has 3 amide bonds. The van der Waals surface area contributed by atoms with E-state index in [1.54, 1.807) is 47.9 Å². The van der Waals surface area contributed by atoms with E-state index in [2.05, 4.69) is 4.98 Å². The molecule has 180 valence electrons. The van der Waals surface area contributed by atoms with Crippen molar-refractivity contribution in [1.29, 1.82) is 0 Å². The Bertz CT molecular complexity index is 1110. The second kappa shape index (κ2) is 8.90. The maximum absolute atomic E-state index is 13.4. The Hall–Kier alpha value is -3.14. The number of nitrogens with zero attached hydrogens (tertiary/aromatic N) is 4. The number of piperazine rings is 1. The van der Waals surface area contributed by atoms with E-state index < -0.39 is 29.6 Å². The number of rotatable bonds is 4. The Kier molecular flexibility index (Phi) is 6.28. The summed E-state index contributed by atoms with van der Waals surface area (Å²) in [5.74, 6) is -1.45. The number of carbonyl (C=O) groups is 3. The Balaban J connectivity index is 1.48. The molecule has 1 atom stereocenters. The summed E-state index contributed by atoms with van der Waals surface area (Å²) in [7, 11) is 0. The Labute approximate surface area is 199 Å². The monoisotopic (exact) mass is 494 g/mol. The summed E-state index contributed by atoms with van der Waals surface area (Å²) in [4.78, 5) is 47.5. The molecule has 2 aromatic rings. The van der Waals surface area contributed by atoms with Crippen molar-refractivity contribution in [3.05, 3.63) is 58.2 Å². The summed E-state index contributed by atoms with van der Waals surface area (Å²) in [6.45, 7) is 4.60. The number of fused-ring (bicyclic) bond motifs is 1. The van der Waals surface area contributed by atoms with E-state index in [4.69, 9.17) is 11.6 Å². The lowest BCUT2D eigenvalue weighted by atomic mass is 10.0. The summed E-state index contributed by atoms with van der Waals surface area (Å²) in [6, 6.07) is 6.33. The van der Waals surface area contributed by atoms with Crippen molar-refractivity contribution in [3.8, 4) is 0 Å². The van der Waals surface area contributed by atoms with Crippen LogP contribution < -0.4 is 4.90 Å². The number of halogens is 4. The maximum Gasteiger partial charge on any atom is 0.417 e. The lowest BCUT2D eigenvalue weighted by molar-refractivity contribution is -0.138. The van der Waals surface area contributed by atoms with Crippen LogP contribution in [0.25, 0.3) is 0 Å². The van der Waals surface area contributed by atoms with Crippen LogP contribution in [0.15, 0.2) is 36.5 Å². The van der Waals surface area contributed by atoms with Crippen LogP contribution in [0, 0.1) is 5.92 Å². The third kappa shape index (κ3) is 4.22. The van der Waals surface area contributed by atoms with Gasteiger partial charge in [0.1, 0.15) is 11.9 Å². The van der Waals surface area contributed by atoms with Gasteiger partial charge in [-0.15, -0.1) is 0 Å². The topological polar surface area (TPSA) is 73.8 Å². The standard InChI is InChI=1S/C23H22ClF3N4O3/c1-13(2)18(31-20(32)15-5-3-4-6-16(15)21(31)33)22(34)30-9-7-29(8-10-30)19-17(24)11-14(12-28-19)23(25,26)27/h3-6,11-13,18H,7-10H2,1-2H3. The van der Waals surface area contributed by atoms with Crippen molar-refractivity contribution in [2.45, 2.75) is 26.1 Å². The minimum absolute atomic E-state index is 0.124.